The average Bonchev–Trinajstić information content (AvgIpc) is 2.66. The molecule has 2 aromatic carbocycles. The molecule has 1 atom stereocenters. The van der Waals surface area contributed by atoms with E-state index in [9.17, 15) is 9.59 Å². The largest absolute Gasteiger partial charge is 0.354 e. The van der Waals surface area contributed by atoms with Gasteiger partial charge in [0.15, 0.2) is 0 Å². The highest BCUT2D eigenvalue weighted by molar-refractivity contribution is 7.98. The smallest absolute Gasteiger partial charge is 0.251 e. The number of amides is 2. The van der Waals surface area contributed by atoms with Crippen molar-refractivity contribution in [1.29, 1.82) is 0 Å². The number of rotatable bonds is 9. The first-order valence-electron chi connectivity index (χ1n) is 8.88. The average molecular weight is 405 g/mol. The van der Waals surface area contributed by atoms with Crippen LogP contribution in [0, 0.1) is 6.92 Å². The van der Waals surface area contributed by atoms with Gasteiger partial charge in [-0.05, 0) is 61.6 Å². The van der Waals surface area contributed by atoms with E-state index < -0.39 is 6.04 Å². The van der Waals surface area contributed by atoms with Crippen LogP contribution in [-0.2, 0) is 11.2 Å². The molecule has 0 aliphatic rings. The van der Waals surface area contributed by atoms with E-state index in [-0.39, 0.29) is 11.8 Å². The Hall–Kier alpha value is -1.98. The summed E-state index contributed by atoms with van der Waals surface area (Å²) in [5.74, 6) is 0.417. The van der Waals surface area contributed by atoms with Crippen LogP contribution in [0.2, 0.25) is 5.02 Å². The van der Waals surface area contributed by atoms with Gasteiger partial charge in [-0.3, -0.25) is 9.59 Å². The van der Waals surface area contributed by atoms with Gasteiger partial charge in [0.25, 0.3) is 5.91 Å². The molecule has 0 heterocycles. The van der Waals surface area contributed by atoms with Crippen molar-refractivity contribution in [2.24, 2.45) is 0 Å². The summed E-state index contributed by atoms with van der Waals surface area (Å²) < 4.78 is 0. The van der Waals surface area contributed by atoms with Gasteiger partial charge >= 0.3 is 0 Å². The molecule has 2 aromatic rings. The number of hydrogen-bond donors (Lipinski definition) is 2. The zero-order valence-electron chi connectivity index (χ0n) is 15.6. The molecule has 0 bridgehead atoms. The van der Waals surface area contributed by atoms with Crippen LogP contribution in [0.4, 0.5) is 0 Å². The predicted octanol–water partition coefficient (Wildman–Crippen LogP) is 3.86. The maximum absolute atomic E-state index is 12.6. The summed E-state index contributed by atoms with van der Waals surface area (Å²) >= 11 is 7.53. The zero-order valence-corrected chi connectivity index (χ0v) is 17.2. The molecule has 0 fully saturated rings. The second-order valence-electron chi connectivity index (χ2n) is 6.34. The zero-order chi connectivity index (χ0) is 19.6. The second kappa shape index (κ2) is 11.0. The fourth-order valence-corrected chi connectivity index (χ4v) is 3.23. The second-order valence-corrected chi connectivity index (χ2v) is 7.77. The van der Waals surface area contributed by atoms with E-state index in [0.717, 1.165) is 16.9 Å². The number of halogens is 1. The van der Waals surface area contributed by atoms with E-state index in [0.29, 0.717) is 30.0 Å². The van der Waals surface area contributed by atoms with Crippen LogP contribution < -0.4 is 10.6 Å². The highest BCUT2D eigenvalue weighted by atomic mass is 35.5. The van der Waals surface area contributed by atoms with Gasteiger partial charge in [0, 0.05) is 17.1 Å². The van der Waals surface area contributed by atoms with Gasteiger partial charge in [0.2, 0.25) is 5.91 Å². The number of carbonyl (C=O) groups is 2. The Kier molecular flexibility index (Phi) is 8.69. The first-order chi connectivity index (χ1) is 13.0. The molecule has 6 heteroatoms. The molecule has 0 aliphatic carbocycles. The van der Waals surface area contributed by atoms with Gasteiger partial charge in [-0.2, -0.15) is 11.8 Å². The lowest BCUT2D eigenvalue weighted by Gasteiger charge is -2.18. The maximum atomic E-state index is 12.6. The number of thioether (sulfide) groups is 1. The lowest BCUT2D eigenvalue weighted by atomic mass is 10.1. The van der Waals surface area contributed by atoms with Crippen LogP contribution in [-0.4, -0.2) is 36.4 Å². The fourth-order valence-electron chi connectivity index (χ4n) is 2.64. The van der Waals surface area contributed by atoms with Crippen molar-refractivity contribution in [2.45, 2.75) is 25.8 Å². The molecule has 0 spiro atoms. The molecular weight excluding hydrogens is 380 g/mol. The molecule has 0 saturated carbocycles. The molecule has 0 saturated heterocycles. The molecule has 2 amide bonds. The number of aryl methyl sites for hydroxylation is 1. The van der Waals surface area contributed by atoms with Crippen molar-refractivity contribution in [2.75, 3.05) is 18.6 Å². The van der Waals surface area contributed by atoms with Gasteiger partial charge in [-0.25, -0.2) is 0 Å². The third kappa shape index (κ3) is 7.27. The first kappa shape index (κ1) is 21.3. The highest BCUT2D eigenvalue weighted by Crippen LogP contribution is 2.10. The summed E-state index contributed by atoms with van der Waals surface area (Å²) in [5.41, 5.74) is 2.68. The fraction of sp³-hybridized carbons (Fsp3) is 0.333. The molecular formula is C21H25ClN2O2S. The van der Waals surface area contributed by atoms with Gasteiger partial charge in [0.1, 0.15) is 6.04 Å². The Bertz CT molecular complexity index is 765. The standard InChI is InChI=1S/C21H25ClN2O2S/c1-15-4-3-5-17(14-15)20(25)24-19(11-13-27-2)21(26)23-12-10-16-6-8-18(22)9-7-16/h3-9,14,19H,10-13H2,1-2H3,(H,23,26)(H,24,25). The van der Waals surface area contributed by atoms with Crippen LogP contribution in [0.1, 0.15) is 27.9 Å². The minimum Gasteiger partial charge on any atom is -0.354 e. The summed E-state index contributed by atoms with van der Waals surface area (Å²) in [6.45, 7) is 2.45. The van der Waals surface area contributed by atoms with Crippen molar-refractivity contribution in [3.63, 3.8) is 0 Å². The van der Waals surface area contributed by atoms with Crippen LogP contribution in [0.5, 0.6) is 0 Å². The van der Waals surface area contributed by atoms with Crippen LogP contribution in [0.25, 0.3) is 0 Å². The van der Waals surface area contributed by atoms with E-state index >= 15 is 0 Å². The van der Waals surface area contributed by atoms with Crippen molar-refractivity contribution >= 4 is 35.2 Å². The summed E-state index contributed by atoms with van der Waals surface area (Å²) in [6.07, 6.45) is 3.29. The molecule has 0 aromatic heterocycles. The van der Waals surface area contributed by atoms with Crippen molar-refractivity contribution in [1.82, 2.24) is 10.6 Å². The maximum Gasteiger partial charge on any atom is 0.251 e. The van der Waals surface area contributed by atoms with Gasteiger partial charge in [-0.15, -0.1) is 0 Å². The summed E-state index contributed by atoms with van der Waals surface area (Å²) in [7, 11) is 0. The topological polar surface area (TPSA) is 58.2 Å². The van der Waals surface area contributed by atoms with Crippen molar-refractivity contribution in [3.05, 3.63) is 70.2 Å². The molecule has 0 radical (unpaired) electrons. The lowest BCUT2D eigenvalue weighted by Crippen LogP contribution is -2.47. The van der Waals surface area contributed by atoms with Crippen LogP contribution >= 0.6 is 23.4 Å². The Balaban J connectivity index is 1.92. The van der Waals surface area contributed by atoms with E-state index in [2.05, 4.69) is 10.6 Å². The first-order valence-corrected chi connectivity index (χ1v) is 10.7. The van der Waals surface area contributed by atoms with Gasteiger partial charge < -0.3 is 10.6 Å². The van der Waals surface area contributed by atoms with Crippen molar-refractivity contribution < 1.29 is 9.59 Å². The number of carbonyl (C=O) groups excluding carboxylic acids is 2. The quantitative estimate of drug-likeness (QED) is 0.667. The highest BCUT2D eigenvalue weighted by Gasteiger charge is 2.20. The molecule has 2 rings (SSSR count). The van der Waals surface area contributed by atoms with E-state index in [1.165, 1.54) is 0 Å². The minimum absolute atomic E-state index is 0.154. The molecule has 27 heavy (non-hydrogen) atoms. The van der Waals surface area contributed by atoms with Gasteiger partial charge in [0.05, 0.1) is 0 Å². The number of hydrogen-bond acceptors (Lipinski definition) is 3. The summed E-state index contributed by atoms with van der Waals surface area (Å²) in [5, 5.41) is 6.49. The Morgan fingerprint density at radius 3 is 2.56 bits per heavy atom. The lowest BCUT2D eigenvalue weighted by molar-refractivity contribution is -0.122. The Morgan fingerprint density at radius 2 is 1.89 bits per heavy atom. The molecule has 144 valence electrons. The summed E-state index contributed by atoms with van der Waals surface area (Å²) in [4.78, 5) is 25.1. The summed E-state index contributed by atoms with van der Waals surface area (Å²) in [6, 6.07) is 14.4. The van der Waals surface area contributed by atoms with Crippen LogP contribution in [0.15, 0.2) is 48.5 Å². The molecule has 0 aliphatic heterocycles. The molecule has 4 nitrogen and oxygen atoms in total. The van der Waals surface area contributed by atoms with E-state index in [4.69, 9.17) is 11.6 Å². The third-order valence-electron chi connectivity index (χ3n) is 4.14. The Labute approximate surface area is 170 Å². The number of nitrogens with one attached hydrogen (secondary N) is 2. The molecule has 1 unspecified atom stereocenters. The normalized spacial score (nSPS) is 11.7. The SMILES string of the molecule is CSCCC(NC(=O)c1cccc(C)c1)C(=O)NCCc1ccc(Cl)cc1. The minimum atomic E-state index is -0.546. The van der Waals surface area contributed by atoms with Crippen molar-refractivity contribution in [3.8, 4) is 0 Å². The number of benzene rings is 2. The Morgan fingerprint density at radius 1 is 1.15 bits per heavy atom. The third-order valence-corrected chi connectivity index (χ3v) is 5.03. The molecule has 2 N–H and O–H groups in total. The van der Waals surface area contributed by atoms with Crippen LogP contribution in [0.3, 0.4) is 0 Å². The van der Waals surface area contributed by atoms with Gasteiger partial charge in [-0.1, -0.05) is 41.4 Å². The monoisotopic (exact) mass is 404 g/mol. The van der Waals surface area contributed by atoms with E-state index in [1.807, 2.05) is 55.6 Å². The predicted molar refractivity (Wildman–Crippen MR) is 114 cm³/mol. The van der Waals surface area contributed by atoms with E-state index in [1.54, 1.807) is 17.8 Å².